The standard InChI is InChI=1S/C22H23N3O3/c1-4-13-24-18-7-5-6-8-19(18)25(22(28)21(24)27)14-16-9-11-17(12-10-16)20(26)23-15(2)3/h4-12,15H,1,13-14H2,2-3H3,(H,23,26). The monoisotopic (exact) mass is 377 g/mol. The molecule has 0 atom stereocenters. The first kappa shape index (κ1) is 19.4. The Hall–Kier alpha value is -3.41. The second kappa shape index (κ2) is 8.08. The van der Waals surface area contributed by atoms with Crippen molar-refractivity contribution in [1.82, 2.24) is 14.5 Å². The van der Waals surface area contributed by atoms with Crippen LogP contribution in [0.5, 0.6) is 0 Å². The fraction of sp³-hybridized carbons (Fsp3) is 0.227. The minimum Gasteiger partial charge on any atom is -0.350 e. The molecule has 6 nitrogen and oxygen atoms in total. The minimum absolute atomic E-state index is 0.0548. The Balaban J connectivity index is 2.01. The first-order valence-corrected chi connectivity index (χ1v) is 9.15. The van der Waals surface area contributed by atoms with Crippen molar-refractivity contribution < 1.29 is 4.79 Å². The van der Waals surface area contributed by atoms with E-state index in [2.05, 4.69) is 11.9 Å². The molecule has 3 aromatic rings. The third-order valence-electron chi connectivity index (χ3n) is 4.42. The van der Waals surface area contributed by atoms with Crippen LogP contribution in [0.4, 0.5) is 0 Å². The zero-order chi connectivity index (χ0) is 20.3. The van der Waals surface area contributed by atoms with E-state index in [1.165, 1.54) is 9.13 Å². The largest absolute Gasteiger partial charge is 0.350 e. The molecule has 0 aliphatic heterocycles. The molecule has 144 valence electrons. The van der Waals surface area contributed by atoms with Crippen molar-refractivity contribution in [3.8, 4) is 0 Å². The Morgan fingerprint density at radius 2 is 1.57 bits per heavy atom. The number of amides is 1. The fourth-order valence-electron chi connectivity index (χ4n) is 3.13. The Morgan fingerprint density at radius 1 is 1.00 bits per heavy atom. The molecular formula is C22H23N3O3. The Kier molecular flexibility index (Phi) is 5.59. The molecular weight excluding hydrogens is 354 g/mol. The third-order valence-corrected chi connectivity index (χ3v) is 4.42. The number of aromatic nitrogens is 2. The van der Waals surface area contributed by atoms with Gasteiger partial charge in [-0.2, -0.15) is 0 Å². The second-order valence-electron chi connectivity index (χ2n) is 6.91. The molecule has 0 aliphatic carbocycles. The van der Waals surface area contributed by atoms with Crippen LogP contribution >= 0.6 is 0 Å². The van der Waals surface area contributed by atoms with Crippen LogP contribution in [0.3, 0.4) is 0 Å². The lowest BCUT2D eigenvalue weighted by Crippen LogP contribution is -2.41. The van der Waals surface area contributed by atoms with E-state index in [9.17, 15) is 14.4 Å². The van der Waals surface area contributed by atoms with E-state index in [4.69, 9.17) is 0 Å². The molecule has 0 bridgehead atoms. The van der Waals surface area contributed by atoms with E-state index in [1.807, 2.05) is 38.1 Å². The quantitative estimate of drug-likeness (QED) is 0.530. The SMILES string of the molecule is C=CCn1c(=O)c(=O)n(Cc2ccc(C(=O)NC(C)C)cc2)c2ccccc21. The van der Waals surface area contributed by atoms with Crippen molar-refractivity contribution in [2.45, 2.75) is 33.0 Å². The molecule has 0 saturated heterocycles. The molecule has 0 aliphatic rings. The summed E-state index contributed by atoms with van der Waals surface area (Å²) in [5, 5.41) is 2.84. The zero-order valence-electron chi connectivity index (χ0n) is 16.0. The maximum Gasteiger partial charge on any atom is 0.317 e. The average molecular weight is 377 g/mol. The summed E-state index contributed by atoms with van der Waals surface area (Å²) in [6, 6.07) is 14.4. The lowest BCUT2D eigenvalue weighted by Gasteiger charge is -2.14. The van der Waals surface area contributed by atoms with E-state index in [0.29, 0.717) is 16.6 Å². The summed E-state index contributed by atoms with van der Waals surface area (Å²) in [6.45, 7) is 7.98. The van der Waals surface area contributed by atoms with Gasteiger partial charge in [0.15, 0.2) is 0 Å². The highest BCUT2D eigenvalue weighted by Crippen LogP contribution is 2.13. The molecule has 6 heteroatoms. The van der Waals surface area contributed by atoms with Crippen LogP contribution < -0.4 is 16.4 Å². The summed E-state index contributed by atoms with van der Waals surface area (Å²) in [5.41, 5.74) is 1.58. The van der Waals surface area contributed by atoms with Gasteiger partial charge in [0.05, 0.1) is 17.6 Å². The predicted molar refractivity (Wildman–Crippen MR) is 111 cm³/mol. The number of hydrogen-bond donors (Lipinski definition) is 1. The fourth-order valence-corrected chi connectivity index (χ4v) is 3.13. The topological polar surface area (TPSA) is 73.1 Å². The van der Waals surface area contributed by atoms with E-state index < -0.39 is 11.1 Å². The number of para-hydroxylation sites is 2. The Bertz CT molecular complexity index is 1140. The molecule has 1 amide bonds. The summed E-state index contributed by atoms with van der Waals surface area (Å²) in [4.78, 5) is 37.3. The summed E-state index contributed by atoms with van der Waals surface area (Å²) >= 11 is 0. The average Bonchev–Trinajstić information content (AvgIpc) is 2.68. The number of hydrogen-bond acceptors (Lipinski definition) is 3. The van der Waals surface area contributed by atoms with Gasteiger partial charge in [-0.3, -0.25) is 23.5 Å². The van der Waals surface area contributed by atoms with Crippen molar-refractivity contribution in [2.24, 2.45) is 0 Å². The van der Waals surface area contributed by atoms with Gasteiger partial charge in [0.2, 0.25) is 0 Å². The molecule has 0 spiro atoms. The number of nitrogens with zero attached hydrogens (tertiary/aromatic N) is 2. The van der Waals surface area contributed by atoms with Gasteiger partial charge >= 0.3 is 11.1 Å². The third kappa shape index (κ3) is 3.81. The van der Waals surface area contributed by atoms with Gasteiger partial charge in [-0.15, -0.1) is 6.58 Å². The maximum absolute atomic E-state index is 12.7. The van der Waals surface area contributed by atoms with Crippen molar-refractivity contribution in [3.05, 3.63) is 93.0 Å². The molecule has 3 rings (SSSR count). The summed E-state index contributed by atoms with van der Waals surface area (Å²) in [5.74, 6) is -0.142. The molecule has 1 heterocycles. The molecule has 1 N–H and O–H groups in total. The van der Waals surface area contributed by atoms with E-state index in [1.54, 1.807) is 30.3 Å². The van der Waals surface area contributed by atoms with Crippen molar-refractivity contribution in [1.29, 1.82) is 0 Å². The lowest BCUT2D eigenvalue weighted by atomic mass is 10.1. The summed E-state index contributed by atoms with van der Waals surface area (Å²) in [6.07, 6.45) is 1.60. The van der Waals surface area contributed by atoms with Gasteiger partial charge in [0.1, 0.15) is 0 Å². The van der Waals surface area contributed by atoms with Crippen molar-refractivity contribution in [2.75, 3.05) is 0 Å². The molecule has 1 aromatic heterocycles. The van der Waals surface area contributed by atoms with E-state index in [-0.39, 0.29) is 25.0 Å². The normalized spacial score (nSPS) is 11.0. The van der Waals surface area contributed by atoms with Crippen LogP contribution in [0.25, 0.3) is 11.0 Å². The van der Waals surface area contributed by atoms with Crippen molar-refractivity contribution >= 4 is 16.9 Å². The highest BCUT2D eigenvalue weighted by atomic mass is 16.2. The van der Waals surface area contributed by atoms with Gasteiger partial charge in [0, 0.05) is 18.2 Å². The first-order chi connectivity index (χ1) is 13.4. The van der Waals surface area contributed by atoms with Gasteiger partial charge in [-0.25, -0.2) is 0 Å². The van der Waals surface area contributed by atoms with Crippen LogP contribution in [0, 0.1) is 0 Å². The number of benzene rings is 2. The smallest absolute Gasteiger partial charge is 0.317 e. The number of carbonyl (C=O) groups excluding carboxylic acids is 1. The van der Waals surface area contributed by atoms with Crippen LogP contribution in [0.2, 0.25) is 0 Å². The van der Waals surface area contributed by atoms with E-state index in [0.717, 1.165) is 5.56 Å². The summed E-state index contributed by atoms with van der Waals surface area (Å²) in [7, 11) is 0. The zero-order valence-corrected chi connectivity index (χ0v) is 16.0. The number of carbonyl (C=O) groups is 1. The number of allylic oxidation sites excluding steroid dienone is 1. The number of rotatable bonds is 6. The van der Waals surface area contributed by atoms with Crippen LogP contribution in [0.1, 0.15) is 29.8 Å². The first-order valence-electron chi connectivity index (χ1n) is 9.15. The lowest BCUT2D eigenvalue weighted by molar-refractivity contribution is 0.0943. The number of nitrogens with one attached hydrogen (secondary N) is 1. The van der Waals surface area contributed by atoms with Crippen LogP contribution in [-0.2, 0) is 13.1 Å². The van der Waals surface area contributed by atoms with E-state index >= 15 is 0 Å². The van der Waals surface area contributed by atoms with Crippen LogP contribution in [-0.4, -0.2) is 21.1 Å². The highest BCUT2D eigenvalue weighted by Gasteiger charge is 2.13. The molecule has 0 radical (unpaired) electrons. The Morgan fingerprint density at radius 3 is 2.14 bits per heavy atom. The molecule has 2 aromatic carbocycles. The second-order valence-corrected chi connectivity index (χ2v) is 6.91. The molecule has 0 saturated carbocycles. The van der Waals surface area contributed by atoms with Gasteiger partial charge in [-0.05, 0) is 43.7 Å². The molecule has 28 heavy (non-hydrogen) atoms. The minimum atomic E-state index is -0.581. The molecule has 0 unspecified atom stereocenters. The predicted octanol–water partition coefficient (Wildman–Crippen LogP) is 2.54. The summed E-state index contributed by atoms with van der Waals surface area (Å²) < 4.78 is 2.90. The van der Waals surface area contributed by atoms with Gasteiger partial charge < -0.3 is 5.32 Å². The molecule has 0 fully saturated rings. The van der Waals surface area contributed by atoms with Crippen molar-refractivity contribution in [3.63, 3.8) is 0 Å². The Labute approximate surface area is 162 Å². The van der Waals surface area contributed by atoms with Crippen LogP contribution in [0.15, 0.2) is 70.8 Å². The van der Waals surface area contributed by atoms with Gasteiger partial charge in [0.25, 0.3) is 5.91 Å². The number of fused-ring (bicyclic) bond motifs is 1. The highest BCUT2D eigenvalue weighted by molar-refractivity contribution is 5.94. The maximum atomic E-state index is 12.7. The van der Waals surface area contributed by atoms with Gasteiger partial charge in [-0.1, -0.05) is 30.3 Å².